The molecule has 9 heteroatoms. The number of aromatic carboxylic acids is 1. The molecule has 0 amide bonds. The Labute approximate surface area is 120 Å². The Morgan fingerprint density at radius 3 is 2.60 bits per heavy atom. The van der Waals surface area contributed by atoms with Crippen LogP contribution in [0.4, 0.5) is 5.69 Å². The van der Waals surface area contributed by atoms with Crippen molar-refractivity contribution in [3.63, 3.8) is 0 Å². The van der Waals surface area contributed by atoms with Crippen LogP contribution in [0.15, 0.2) is 12.1 Å². The van der Waals surface area contributed by atoms with Gasteiger partial charge in [0.25, 0.3) is 0 Å². The lowest BCUT2D eigenvalue weighted by Gasteiger charge is -2.13. The number of sulfonamides is 1. The molecule has 0 spiro atoms. The standard InChI is InChI=1S/C11H11ClN2O5S/c1-6(5-13)20(17,18)14-9-4-10(19-2)7(11(15)16)3-8(9)12/h3-4,6,14H,1-2H3,(H,15,16). The Kier molecular flexibility index (Phi) is 4.81. The number of anilines is 1. The number of carboxylic acid groups (broad SMARTS) is 1. The van der Waals surface area contributed by atoms with Crippen molar-refractivity contribution in [3.8, 4) is 11.8 Å². The van der Waals surface area contributed by atoms with Crippen molar-refractivity contribution < 1.29 is 23.1 Å². The lowest BCUT2D eigenvalue weighted by molar-refractivity contribution is 0.0693. The zero-order chi connectivity index (χ0) is 15.5. The molecule has 0 fully saturated rings. The Bertz CT molecular complexity index is 681. The molecule has 0 aliphatic rings. The summed E-state index contributed by atoms with van der Waals surface area (Å²) in [6.07, 6.45) is 0. The van der Waals surface area contributed by atoms with E-state index in [-0.39, 0.29) is 22.0 Å². The smallest absolute Gasteiger partial charge is 0.339 e. The summed E-state index contributed by atoms with van der Waals surface area (Å²) in [5.74, 6) is -1.31. The van der Waals surface area contributed by atoms with Crippen LogP contribution in [0, 0.1) is 11.3 Å². The number of ether oxygens (including phenoxy) is 1. The highest BCUT2D eigenvalue weighted by Crippen LogP contribution is 2.32. The highest BCUT2D eigenvalue weighted by molar-refractivity contribution is 7.93. The van der Waals surface area contributed by atoms with Crippen molar-refractivity contribution in [3.05, 3.63) is 22.7 Å². The number of carboxylic acids is 1. The number of nitriles is 1. The second-order valence-electron chi connectivity index (χ2n) is 3.76. The molecular weight excluding hydrogens is 308 g/mol. The number of benzene rings is 1. The van der Waals surface area contributed by atoms with Gasteiger partial charge in [0.15, 0.2) is 5.25 Å². The van der Waals surface area contributed by atoms with Gasteiger partial charge in [-0.25, -0.2) is 13.2 Å². The molecule has 0 saturated heterocycles. The van der Waals surface area contributed by atoms with Crippen LogP contribution in [0.5, 0.6) is 5.75 Å². The number of nitrogens with one attached hydrogen (secondary N) is 1. The lowest BCUT2D eigenvalue weighted by atomic mass is 10.2. The number of nitrogens with zero attached hydrogens (tertiary/aromatic N) is 1. The van der Waals surface area contributed by atoms with Crippen molar-refractivity contribution in [2.75, 3.05) is 11.8 Å². The molecule has 0 heterocycles. The normalized spacial score (nSPS) is 12.3. The molecule has 1 atom stereocenters. The summed E-state index contributed by atoms with van der Waals surface area (Å²) in [5.41, 5.74) is -0.260. The molecule has 2 N–H and O–H groups in total. The van der Waals surface area contributed by atoms with Gasteiger partial charge in [0.1, 0.15) is 11.3 Å². The average molecular weight is 319 g/mol. The predicted molar refractivity (Wildman–Crippen MR) is 72.6 cm³/mol. The number of carbonyl (C=O) groups is 1. The van der Waals surface area contributed by atoms with Crippen molar-refractivity contribution >= 4 is 33.3 Å². The van der Waals surface area contributed by atoms with Gasteiger partial charge >= 0.3 is 5.97 Å². The minimum atomic E-state index is -3.94. The van der Waals surface area contributed by atoms with Crippen molar-refractivity contribution in [1.82, 2.24) is 0 Å². The van der Waals surface area contributed by atoms with Crippen LogP contribution >= 0.6 is 11.6 Å². The Hall–Kier alpha value is -1.98. The van der Waals surface area contributed by atoms with Gasteiger partial charge in [0.05, 0.1) is 23.9 Å². The van der Waals surface area contributed by atoms with Gasteiger partial charge in [-0.1, -0.05) is 11.6 Å². The number of hydrogen-bond acceptors (Lipinski definition) is 5. The highest BCUT2D eigenvalue weighted by atomic mass is 35.5. The third kappa shape index (κ3) is 3.31. The molecule has 0 aliphatic carbocycles. The van der Waals surface area contributed by atoms with E-state index >= 15 is 0 Å². The van der Waals surface area contributed by atoms with Gasteiger partial charge in [0, 0.05) is 6.07 Å². The topological polar surface area (TPSA) is 116 Å². The summed E-state index contributed by atoms with van der Waals surface area (Å²) in [6.45, 7) is 1.21. The first-order valence-electron chi connectivity index (χ1n) is 5.25. The van der Waals surface area contributed by atoms with E-state index in [1.807, 2.05) is 0 Å². The maximum atomic E-state index is 11.8. The van der Waals surface area contributed by atoms with Crippen LogP contribution in [-0.4, -0.2) is 31.9 Å². The summed E-state index contributed by atoms with van der Waals surface area (Å²) in [6, 6.07) is 3.80. The Balaban J connectivity index is 3.29. The van der Waals surface area contributed by atoms with E-state index in [9.17, 15) is 13.2 Å². The molecule has 20 heavy (non-hydrogen) atoms. The SMILES string of the molecule is COc1cc(NS(=O)(=O)C(C)C#N)c(Cl)cc1C(=O)O. The lowest BCUT2D eigenvalue weighted by Crippen LogP contribution is -2.24. The zero-order valence-corrected chi connectivity index (χ0v) is 12.1. The van der Waals surface area contributed by atoms with E-state index in [1.54, 1.807) is 6.07 Å². The van der Waals surface area contributed by atoms with Crippen LogP contribution in [0.25, 0.3) is 0 Å². The molecule has 1 unspecified atom stereocenters. The molecular formula is C11H11ClN2O5S. The van der Waals surface area contributed by atoms with Crippen LogP contribution < -0.4 is 9.46 Å². The molecule has 0 saturated carbocycles. The maximum Gasteiger partial charge on any atom is 0.339 e. The molecule has 0 aliphatic heterocycles. The van der Waals surface area contributed by atoms with Gasteiger partial charge < -0.3 is 9.84 Å². The molecule has 1 aromatic carbocycles. The van der Waals surface area contributed by atoms with E-state index in [1.165, 1.54) is 14.0 Å². The van der Waals surface area contributed by atoms with E-state index in [0.717, 1.165) is 12.1 Å². The summed E-state index contributed by atoms with van der Waals surface area (Å²) in [4.78, 5) is 11.0. The number of halogens is 1. The minimum Gasteiger partial charge on any atom is -0.496 e. The maximum absolute atomic E-state index is 11.8. The van der Waals surface area contributed by atoms with Gasteiger partial charge in [-0.2, -0.15) is 5.26 Å². The van der Waals surface area contributed by atoms with Gasteiger partial charge in [0.2, 0.25) is 10.0 Å². The Morgan fingerprint density at radius 1 is 1.55 bits per heavy atom. The van der Waals surface area contributed by atoms with Gasteiger partial charge in [-0.05, 0) is 13.0 Å². The first kappa shape index (κ1) is 16.1. The van der Waals surface area contributed by atoms with Gasteiger partial charge in [-0.3, -0.25) is 4.72 Å². The second-order valence-corrected chi connectivity index (χ2v) is 6.16. The molecule has 0 bridgehead atoms. The number of hydrogen-bond donors (Lipinski definition) is 2. The van der Waals surface area contributed by atoms with Crippen LogP contribution in [0.1, 0.15) is 17.3 Å². The molecule has 7 nitrogen and oxygen atoms in total. The van der Waals surface area contributed by atoms with Crippen molar-refractivity contribution in [2.45, 2.75) is 12.2 Å². The van der Waals surface area contributed by atoms with Crippen LogP contribution in [0.3, 0.4) is 0 Å². The van der Waals surface area contributed by atoms with Gasteiger partial charge in [-0.15, -0.1) is 0 Å². The first-order chi connectivity index (χ1) is 9.22. The summed E-state index contributed by atoms with van der Waals surface area (Å²) in [7, 11) is -2.70. The second kappa shape index (κ2) is 5.98. The highest BCUT2D eigenvalue weighted by Gasteiger charge is 2.23. The van der Waals surface area contributed by atoms with Crippen LogP contribution in [-0.2, 0) is 10.0 Å². The monoisotopic (exact) mass is 318 g/mol. The average Bonchev–Trinajstić information content (AvgIpc) is 2.39. The number of methoxy groups -OCH3 is 1. The molecule has 108 valence electrons. The molecule has 0 radical (unpaired) electrons. The fourth-order valence-electron chi connectivity index (χ4n) is 1.28. The van der Waals surface area contributed by atoms with Crippen molar-refractivity contribution in [1.29, 1.82) is 5.26 Å². The van der Waals surface area contributed by atoms with E-state index < -0.39 is 21.2 Å². The first-order valence-corrected chi connectivity index (χ1v) is 7.17. The third-order valence-corrected chi connectivity index (χ3v) is 4.27. The Morgan fingerprint density at radius 2 is 2.15 bits per heavy atom. The minimum absolute atomic E-state index is 0.0517. The van der Waals surface area contributed by atoms with E-state index in [4.69, 9.17) is 26.7 Å². The van der Waals surface area contributed by atoms with Crippen molar-refractivity contribution in [2.24, 2.45) is 0 Å². The molecule has 0 aromatic heterocycles. The third-order valence-electron chi connectivity index (χ3n) is 2.42. The fourth-order valence-corrected chi connectivity index (χ4v) is 2.34. The molecule has 1 aromatic rings. The summed E-state index contributed by atoms with van der Waals surface area (Å²) < 4.78 is 30.5. The predicted octanol–water partition coefficient (Wildman–Crippen LogP) is 1.70. The number of rotatable bonds is 5. The zero-order valence-electron chi connectivity index (χ0n) is 10.5. The quantitative estimate of drug-likeness (QED) is 0.853. The molecule has 1 rings (SSSR count). The van der Waals surface area contributed by atoms with E-state index in [2.05, 4.69) is 4.72 Å². The summed E-state index contributed by atoms with van der Waals surface area (Å²) in [5, 5.41) is 16.2. The van der Waals surface area contributed by atoms with E-state index in [0.29, 0.717) is 0 Å². The largest absolute Gasteiger partial charge is 0.496 e. The van der Waals surface area contributed by atoms with Crippen LogP contribution in [0.2, 0.25) is 5.02 Å². The fraction of sp³-hybridized carbons (Fsp3) is 0.273. The summed E-state index contributed by atoms with van der Waals surface area (Å²) >= 11 is 5.83.